The zero-order valence-electron chi connectivity index (χ0n) is 9.12. The van der Waals surface area contributed by atoms with Crippen molar-refractivity contribution in [3.8, 4) is 11.6 Å². The fourth-order valence-electron chi connectivity index (χ4n) is 1.28. The summed E-state index contributed by atoms with van der Waals surface area (Å²) in [7, 11) is 0. The number of hydrogen-bond acceptors (Lipinski definition) is 4. The molecule has 2 heterocycles. The second-order valence-electron chi connectivity index (χ2n) is 3.49. The van der Waals surface area contributed by atoms with Crippen LogP contribution in [0.25, 0.3) is 0 Å². The normalized spacial score (nSPS) is 9.94. The summed E-state index contributed by atoms with van der Waals surface area (Å²) in [6.45, 7) is 1.92. The maximum absolute atomic E-state index is 10.7. The summed E-state index contributed by atoms with van der Waals surface area (Å²) in [6, 6.07) is 5.01. The van der Waals surface area contributed by atoms with E-state index in [1.54, 1.807) is 12.3 Å². The quantitative estimate of drug-likeness (QED) is 0.875. The van der Waals surface area contributed by atoms with Crippen LogP contribution in [0.3, 0.4) is 0 Å². The van der Waals surface area contributed by atoms with E-state index >= 15 is 0 Å². The number of carbonyl (C=O) groups is 1. The predicted octanol–water partition coefficient (Wildman–Crippen LogP) is 2.28. The molecule has 1 N–H and O–H groups in total. The smallest absolute Gasteiger partial charge is 0.337 e. The van der Waals surface area contributed by atoms with Crippen molar-refractivity contribution in [3.63, 3.8) is 0 Å². The number of aromatic carboxylic acids is 1. The molecule has 0 fully saturated rings. The summed E-state index contributed by atoms with van der Waals surface area (Å²) in [5, 5.41) is 8.81. The lowest BCUT2D eigenvalue weighted by atomic mass is 10.3. The highest BCUT2D eigenvalue weighted by molar-refractivity contribution is 5.87. The summed E-state index contributed by atoms with van der Waals surface area (Å²) in [5.74, 6) is -0.280. The van der Waals surface area contributed by atoms with Gasteiger partial charge in [-0.05, 0) is 24.6 Å². The zero-order valence-corrected chi connectivity index (χ0v) is 9.12. The molecule has 0 radical (unpaired) electrons. The first-order valence-electron chi connectivity index (χ1n) is 4.94. The number of carboxylic acid groups (broad SMARTS) is 1. The maximum atomic E-state index is 10.7. The first-order valence-corrected chi connectivity index (χ1v) is 4.94. The van der Waals surface area contributed by atoms with Gasteiger partial charge in [-0.25, -0.2) is 9.78 Å². The monoisotopic (exact) mass is 230 g/mol. The van der Waals surface area contributed by atoms with E-state index in [1.165, 1.54) is 18.5 Å². The van der Waals surface area contributed by atoms with Crippen LogP contribution in [0.1, 0.15) is 15.9 Å². The van der Waals surface area contributed by atoms with Crippen molar-refractivity contribution < 1.29 is 14.6 Å². The molecule has 5 nitrogen and oxygen atoms in total. The van der Waals surface area contributed by atoms with Gasteiger partial charge < -0.3 is 9.84 Å². The molecule has 0 aliphatic heterocycles. The summed E-state index contributed by atoms with van der Waals surface area (Å²) in [5.41, 5.74) is 1.09. The van der Waals surface area contributed by atoms with Gasteiger partial charge in [0.15, 0.2) is 0 Å². The average molecular weight is 230 g/mol. The van der Waals surface area contributed by atoms with Gasteiger partial charge in [0, 0.05) is 18.5 Å². The van der Waals surface area contributed by atoms with Gasteiger partial charge in [-0.15, -0.1) is 0 Å². The molecule has 2 aromatic rings. The van der Waals surface area contributed by atoms with E-state index in [-0.39, 0.29) is 5.56 Å². The third kappa shape index (κ3) is 2.78. The predicted molar refractivity (Wildman–Crippen MR) is 60.2 cm³/mol. The minimum Gasteiger partial charge on any atom is -0.478 e. The molecular formula is C12H10N2O3. The van der Waals surface area contributed by atoms with Crippen LogP contribution >= 0.6 is 0 Å². The van der Waals surface area contributed by atoms with Gasteiger partial charge in [-0.3, -0.25) is 4.98 Å². The number of aromatic nitrogens is 2. The molecule has 0 atom stereocenters. The van der Waals surface area contributed by atoms with Crippen LogP contribution in [0.15, 0.2) is 36.8 Å². The molecule has 0 saturated heterocycles. The Bertz CT molecular complexity index is 555. The van der Waals surface area contributed by atoms with E-state index in [1.807, 2.05) is 13.0 Å². The number of aryl methyl sites for hydroxylation is 1. The molecule has 2 rings (SSSR count). The van der Waals surface area contributed by atoms with Crippen LogP contribution in [-0.2, 0) is 0 Å². The zero-order chi connectivity index (χ0) is 12.3. The van der Waals surface area contributed by atoms with Crippen molar-refractivity contribution in [1.82, 2.24) is 9.97 Å². The van der Waals surface area contributed by atoms with Crippen LogP contribution in [0, 0.1) is 6.92 Å². The van der Waals surface area contributed by atoms with E-state index in [0.717, 1.165) is 5.56 Å². The van der Waals surface area contributed by atoms with Gasteiger partial charge in [-0.1, -0.05) is 0 Å². The molecule has 0 aliphatic rings. The molecule has 5 heteroatoms. The van der Waals surface area contributed by atoms with Crippen LogP contribution in [0.5, 0.6) is 11.6 Å². The van der Waals surface area contributed by atoms with Crippen LogP contribution in [-0.4, -0.2) is 21.0 Å². The molecule has 0 saturated carbocycles. The standard InChI is InChI=1S/C12H10N2O3/c1-8-2-3-14-11(4-8)17-10-5-9(12(15)16)6-13-7-10/h2-7H,1H3,(H,15,16). The van der Waals surface area contributed by atoms with Gasteiger partial charge in [-0.2, -0.15) is 0 Å². The van der Waals surface area contributed by atoms with Gasteiger partial charge in [0.1, 0.15) is 5.75 Å². The van der Waals surface area contributed by atoms with Crippen molar-refractivity contribution in [1.29, 1.82) is 0 Å². The van der Waals surface area contributed by atoms with Gasteiger partial charge >= 0.3 is 5.97 Å². The lowest BCUT2D eigenvalue weighted by molar-refractivity contribution is 0.0696. The minimum atomic E-state index is -1.04. The second kappa shape index (κ2) is 4.61. The van der Waals surface area contributed by atoms with E-state index in [4.69, 9.17) is 9.84 Å². The Labute approximate surface area is 97.7 Å². The number of hydrogen-bond donors (Lipinski definition) is 1. The van der Waals surface area contributed by atoms with Crippen molar-refractivity contribution in [2.24, 2.45) is 0 Å². The molecular weight excluding hydrogens is 220 g/mol. The van der Waals surface area contributed by atoms with Gasteiger partial charge in [0.2, 0.25) is 5.88 Å². The molecule has 0 spiro atoms. The summed E-state index contributed by atoms with van der Waals surface area (Å²) in [6.07, 6.45) is 4.33. The third-order valence-corrected chi connectivity index (χ3v) is 2.07. The minimum absolute atomic E-state index is 0.0788. The topological polar surface area (TPSA) is 72.3 Å². The van der Waals surface area contributed by atoms with E-state index in [0.29, 0.717) is 11.6 Å². The Balaban J connectivity index is 2.24. The van der Waals surface area contributed by atoms with E-state index < -0.39 is 5.97 Å². The highest BCUT2D eigenvalue weighted by atomic mass is 16.5. The number of nitrogens with zero attached hydrogens (tertiary/aromatic N) is 2. The fourth-order valence-corrected chi connectivity index (χ4v) is 1.28. The molecule has 0 aromatic carbocycles. The van der Waals surface area contributed by atoms with E-state index in [9.17, 15) is 4.79 Å². The first kappa shape index (κ1) is 11.1. The Morgan fingerprint density at radius 1 is 1.35 bits per heavy atom. The first-order chi connectivity index (χ1) is 8.15. The fraction of sp³-hybridized carbons (Fsp3) is 0.0833. The van der Waals surface area contributed by atoms with Crippen molar-refractivity contribution in [3.05, 3.63) is 47.9 Å². The molecule has 0 amide bonds. The molecule has 2 aromatic heterocycles. The van der Waals surface area contributed by atoms with Crippen molar-refractivity contribution in [2.45, 2.75) is 6.92 Å². The molecule has 0 aliphatic carbocycles. The van der Waals surface area contributed by atoms with Gasteiger partial charge in [0.05, 0.1) is 11.8 Å². The number of ether oxygens (including phenoxy) is 1. The summed E-state index contributed by atoms with van der Waals surface area (Å²) in [4.78, 5) is 18.6. The Kier molecular flexibility index (Phi) is 3.00. The van der Waals surface area contributed by atoms with Crippen molar-refractivity contribution in [2.75, 3.05) is 0 Å². The van der Waals surface area contributed by atoms with Crippen LogP contribution in [0.4, 0.5) is 0 Å². The summed E-state index contributed by atoms with van der Waals surface area (Å²) < 4.78 is 5.41. The van der Waals surface area contributed by atoms with Crippen LogP contribution < -0.4 is 4.74 Å². The average Bonchev–Trinajstić information content (AvgIpc) is 2.29. The number of rotatable bonds is 3. The Hall–Kier alpha value is -2.43. The molecule has 0 unspecified atom stereocenters. The van der Waals surface area contributed by atoms with Gasteiger partial charge in [0.25, 0.3) is 0 Å². The van der Waals surface area contributed by atoms with Crippen molar-refractivity contribution >= 4 is 5.97 Å². The highest BCUT2D eigenvalue weighted by Crippen LogP contribution is 2.19. The number of carboxylic acids is 1. The lowest BCUT2D eigenvalue weighted by Crippen LogP contribution is -1.98. The Morgan fingerprint density at radius 2 is 2.18 bits per heavy atom. The lowest BCUT2D eigenvalue weighted by Gasteiger charge is -2.05. The summed E-state index contributed by atoms with van der Waals surface area (Å²) >= 11 is 0. The molecule has 17 heavy (non-hydrogen) atoms. The van der Waals surface area contributed by atoms with Crippen LogP contribution in [0.2, 0.25) is 0 Å². The molecule has 0 bridgehead atoms. The maximum Gasteiger partial charge on any atom is 0.337 e. The Morgan fingerprint density at radius 3 is 2.88 bits per heavy atom. The number of pyridine rings is 2. The largest absolute Gasteiger partial charge is 0.478 e. The molecule has 86 valence electrons. The highest BCUT2D eigenvalue weighted by Gasteiger charge is 2.06. The second-order valence-corrected chi connectivity index (χ2v) is 3.49. The third-order valence-electron chi connectivity index (χ3n) is 2.07. The SMILES string of the molecule is Cc1ccnc(Oc2cncc(C(=O)O)c2)c1. The van der Waals surface area contributed by atoms with E-state index in [2.05, 4.69) is 9.97 Å².